The molecule has 0 radical (unpaired) electrons. The summed E-state index contributed by atoms with van der Waals surface area (Å²) in [5, 5.41) is 26.0. The fourth-order valence-corrected chi connectivity index (χ4v) is 8.20. The van der Waals surface area contributed by atoms with Gasteiger partial charge in [-0.15, -0.1) is 0 Å². The van der Waals surface area contributed by atoms with Gasteiger partial charge in [0.15, 0.2) is 18.2 Å². The SMILES string of the molecule is C[C@@H]1C[C@H](N(C)C)[C@@H](O)[C@H](O[C@@H]2[C@@H](C)C(=O)C(C)(F)C(=O)O[C@H](C)C3OC(=O)NC3[C@H](C)C(=O)[C@H](C)C[C@]2(C)OC/C=C/c2cnc3ccc([N+](=O)[O-])cc3c2)O1. The number of cyclic esters (lactones) is 1. The largest absolute Gasteiger partial charge is 0.456 e. The second-order valence-electron chi connectivity index (χ2n) is 16.2. The maximum Gasteiger partial charge on any atom is 0.407 e. The van der Waals surface area contributed by atoms with Gasteiger partial charge in [0, 0.05) is 47.5 Å². The molecule has 0 bridgehead atoms. The highest BCUT2D eigenvalue weighted by molar-refractivity contribution is 6.07. The lowest BCUT2D eigenvalue weighted by molar-refractivity contribution is -0.384. The highest BCUT2D eigenvalue weighted by Crippen LogP contribution is 2.39. The molecule has 5 rings (SSSR count). The van der Waals surface area contributed by atoms with Gasteiger partial charge in [-0.2, -0.15) is 0 Å². The Balaban J connectivity index is 1.56. The molecule has 3 fully saturated rings. The number of aromatic nitrogens is 1. The van der Waals surface area contributed by atoms with Crippen LogP contribution in [0, 0.1) is 27.9 Å². The highest BCUT2D eigenvalue weighted by atomic mass is 19.1. The number of ether oxygens (including phenoxy) is 5. The number of hydrogen-bond donors (Lipinski definition) is 2. The second-order valence-corrected chi connectivity index (χ2v) is 16.2. The van der Waals surface area contributed by atoms with Gasteiger partial charge in [-0.25, -0.2) is 14.0 Å². The van der Waals surface area contributed by atoms with Gasteiger partial charge >= 0.3 is 12.1 Å². The molecule has 0 spiro atoms. The Morgan fingerprint density at radius 1 is 1.09 bits per heavy atom. The van der Waals surface area contributed by atoms with Gasteiger partial charge < -0.3 is 39.0 Å². The van der Waals surface area contributed by atoms with Crippen LogP contribution in [0.1, 0.15) is 66.9 Å². The average molecular weight is 801 g/mol. The van der Waals surface area contributed by atoms with Crippen LogP contribution in [0.25, 0.3) is 17.0 Å². The maximum absolute atomic E-state index is 16.6. The lowest BCUT2D eigenvalue weighted by Gasteiger charge is -2.47. The van der Waals surface area contributed by atoms with E-state index in [4.69, 9.17) is 23.7 Å². The smallest absolute Gasteiger partial charge is 0.407 e. The van der Waals surface area contributed by atoms with E-state index in [0.717, 1.165) is 6.92 Å². The van der Waals surface area contributed by atoms with Crippen LogP contribution in [-0.4, -0.2) is 124 Å². The molecule has 4 heterocycles. The Bertz CT molecular complexity index is 1890. The Hall–Kier alpha value is -4.42. The van der Waals surface area contributed by atoms with E-state index in [2.05, 4.69) is 10.3 Å². The zero-order chi connectivity index (χ0) is 42.1. The minimum atomic E-state index is -3.22. The number of nitrogens with one attached hydrogen (secondary N) is 1. The van der Waals surface area contributed by atoms with Crippen LogP contribution in [0.5, 0.6) is 0 Å². The number of hydrogen-bond acceptors (Lipinski definition) is 14. The van der Waals surface area contributed by atoms with Gasteiger partial charge in [0.05, 0.1) is 40.9 Å². The van der Waals surface area contributed by atoms with Gasteiger partial charge in [0.2, 0.25) is 0 Å². The number of aliphatic hydroxyl groups excluding tert-OH is 1. The minimum absolute atomic E-state index is 0.0907. The summed E-state index contributed by atoms with van der Waals surface area (Å²) >= 11 is 0. The number of non-ortho nitro benzene ring substituents is 1. The number of benzene rings is 1. The van der Waals surface area contributed by atoms with Crippen molar-refractivity contribution in [1.29, 1.82) is 0 Å². The summed E-state index contributed by atoms with van der Waals surface area (Å²) in [6, 6.07) is 4.68. The number of fused-ring (bicyclic) bond motifs is 2. The van der Waals surface area contributed by atoms with Crippen LogP contribution in [0.4, 0.5) is 14.9 Å². The van der Waals surface area contributed by atoms with Gasteiger partial charge in [-0.1, -0.05) is 32.9 Å². The number of likely N-dealkylation sites (N-methyl/N-ethyl adjacent to an activating group) is 1. The van der Waals surface area contributed by atoms with Crippen molar-refractivity contribution in [3.8, 4) is 0 Å². The van der Waals surface area contributed by atoms with Crippen LogP contribution >= 0.6 is 0 Å². The Kier molecular flexibility index (Phi) is 13.2. The molecule has 13 atom stereocenters. The van der Waals surface area contributed by atoms with Crippen molar-refractivity contribution in [2.24, 2.45) is 17.8 Å². The molecule has 17 heteroatoms. The van der Waals surface area contributed by atoms with Crippen LogP contribution < -0.4 is 5.32 Å². The molecule has 16 nitrogen and oxygen atoms in total. The topological polar surface area (TPSA) is 206 Å². The first kappa shape index (κ1) is 43.7. The molecular formula is C40H53FN4O12. The second kappa shape index (κ2) is 17.2. The van der Waals surface area contributed by atoms with E-state index in [1.54, 1.807) is 72.3 Å². The molecule has 2 aromatic rings. The molecule has 1 amide bonds. The first-order valence-electron chi connectivity index (χ1n) is 19.1. The predicted octanol–water partition coefficient (Wildman–Crippen LogP) is 4.33. The van der Waals surface area contributed by atoms with Gasteiger partial charge in [-0.05, 0) is 72.3 Å². The van der Waals surface area contributed by atoms with Crippen molar-refractivity contribution < 1.29 is 57.3 Å². The number of alkyl halides is 1. The first-order chi connectivity index (χ1) is 26.6. The molecule has 57 heavy (non-hydrogen) atoms. The van der Waals surface area contributed by atoms with E-state index < -0.39 is 101 Å². The van der Waals surface area contributed by atoms with Crippen molar-refractivity contribution in [2.45, 2.75) is 121 Å². The molecule has 0 aliphatic carbocycles. The summed E-state index contributed by atoms with van der Waals surface area (Å²) in [4.78, 5) is 71.4. The third kappa shape index (κ3) is 9.33. The standard InChI is InChI=1S/C40H53FN4O12/c1-20-18-39(6,53-14-10-11-25-16-26-17-27(45(51)52)12-13-28(26)42-19-25)35(57-36-32(47)29(44(8)9)15-21(2)54-36)23(4)34(48)40(7,41)37(49)55-24(5)33-30(22(3)31(20)46)43-38(50)56-33/h10-13,16-17,19-24,29-30,32-33,35-36,47H,14-15,18H2,1-9H3,(H,43,50)/b11-10+/t20-,21-,22+,23+,24-,29+,30?,32-,33?,35-,36+,39+,40?/m1/s1. The van der Waals surface area contributed by atoms with Crippen molar-refractivity contribution in [3.05, 3.63) is 52.2 Å². The van der Waals surface area contributed by atoms with E-state index >= 15 is 4.39 Å². The van der Waals surface area contributed by atoms with E-state index in [-0.39, 0.29) is 24.5 Å². The molecule has 3 aliphatic heterocycles. The number of carbonyl (C=O) groups excluding carboxylic acids is 4. The lowest BCUT2D eigenvalue weighted by Crippen LogP contribution is -2.60. The number of aliphatic hydroxyl groups is 1. The van der Waals surface area contributed by atoms with Crippen LogP contribution in [0.2, 0.25) is 0 Å². The zero-order valence-electron chi connectivity index (χ0n) is 33.7. The number of nitrogens with zero attached hydrogens (tertiary/aromatic N) is 3. The van der Waals surface area contributed by atoms with Crippen LogP contribution in [0.3, 0.4) is 0 Å². The summed E-state index contributed by atoms with van der Waals surface area (Å²) < 4.78 is 46.6. The molecule has 1 aromatic heterocycles. The Morgan fingerprint density at radius 3 is 2.46 bits per heavy atom. The number of halogens is 1. The third-order valence-corrected chi connectivity index (χ3v) is 11.4. The van der Waals surface area contributed by atoms with E-state index in [1.807, 2.05) is 4.90 Å². The molecule has 2 N–H and O–H groups in total. The first-order valence-corrected chi connectivity index (χ1v) is 19.1. The summed E-state index contributed by atoms with van der Waals surface area (Å²) in [6.07, 6.45) is -2.37. The van der Waals surface area contributed by atoms with Gasteiger partial charge in [0.25, 0.3) is 11.4 Å². The molecule has 0 saturated carbocycles. The Labute approximate surface area is 330 Å². The average Bonchev–Trinajstić information content (AvgIpc) is 3.56. The summed E-state index contributed by atoms with van der Waals surface area (Å²) in [7, 11) is 3.58. The van der Waals surface area contributed by atoms with Gasteiger partial charge in [-0.3, -0.25) is 24.7 Å². The van der Waals surface area contributed by atoms with Crippen LogP contribution in [-0.2, 0) is 38.1 Å². The number of rotatable bonds is 8. The highest BCUT2D eigenvalue weighted by Gasteiger charge is 2.55. The summed E-state index contributed by atoms with van der Waals surface area (Å²) in [5.41, 5.74) is -3.77. The monoisotopic (exact) mass is 800 g/mol. The summed E-state index contributed by atoms with van der Waals surface area (Å²) in [6.45, 7) is 10.1. The maximum atomic E-state index is 16.6. The number of amides is 1. The number of carbonyl (C=O) groups is 4. The van der Waals surface area contributed by atoms with Crippen molar-refractivity contribution in [1.82, 2.24) is 15.2 Å². The van der Waals surface area contributed by atoms with E-state index in [9.17, 15) is 34.4 Å². The molecule has 312 valence electrons. The predicted molar refractivity (Wildman–Crippen MR) is 203 cm³/mol. The third-order valence-electron chi connectivity index (χ3n) is 11.4. The fraction of sp³-hybridized carbons (Fsp3) is 0.625. The minimum Gasteiger partial charge on any atom is -0.456 e. The quantitative estimate of drug-likeness (QED) is 0.165. The molecule has 1 aromatic carbocycles. The number of nitro benzene ring substituents is 1. The van der Waals surface area contributed by atoms with E-state index in [1.165, 1.54) is 26.0 Å². The number of ketones is 2. The zero-order valence-corrected chi connectivity index (χ0v) is 33.7. The normalized spacial score (nSPS) is 37.1. The number of Topliss-reactive ketones (excluding diaryl/α,β-unsaturated/α-hetero) is 2. The van der Waals surface area contributed by atoms with Crippen molar-refractivity contribution >= 4 is 46.3 Å². The number of nitro groups is 1. The molecule has 3 saturated heterocycles. The Morgan fingerprint density at radius 2 is 1.79 bits per heavy atom. The molecular weight excluding hydrogens is 747 g/mol. The van der Waals surface area contributed by atoms with E-state index in [0.29, 0.717) is 22.9 Å². The summed E-state index contributed by atoms with van der Waals surface area (Å²) in [5.74, 6) is -6.19. The number of pyridine rings is 1. The number of esters is 1. The molecule has 3 aliphatic rings. The van der Waals surface area contributed by atoms with Crippen molar-refractivity contribution in [3.63, 3.8) is 0 Å². The fourth-order valence-electron chi connectivity index (χ4n) is 8.20. The van der Waals surface area contributed by atoms with Gasteiger partial charge in [0.1, 0.15) is 18.0 Å². The number of alkyl carbamates (subject to hydrolysis) is 1. The van der Waals surface area contributed by atoms with Crippen LogP contribution in [0.15, 0.2) is 36.5 Å². The molecule has 3 unspecified atom stereocenters. The van der Waals surface area contributed by atoms with Crippen molar-refractivity contribution in [2.75, 3.05) is 20.7 Å². The lowest BCUT2D eigenvalue weighted by atomic mass is 9.75.